The lowest BCUT2D eigenvalue weighted by Crippen LogP contribution is -2.62. The van der Waals surface area contributed by atoms with Crippen molar-refractivity contribution in [2.75, 3.05) is 19.7 Å². The Kier molecular flexibility index (Phi) is 5.39. The minimum Gasteiger partial charge on any atom is -0.392 e. The Bertz CT molecular complexity index is 775. The lowest BCUT2D eigenvalue weighted by atomic mass is 9.58. The minimum absolute atomic E-state index is 0.0234. The molecule has 1 saturated carbocycles. The second-order valence-corrected chi connectivity index (χ2v) is 8.23. The summed E-state index contributed by atoms with van der Waals surface area (Å²) in [6, 6.07) is 9.91. The van der Waals surface area contributed by atoms with Gasteiger partial charge in [-0.3, -0.25) is 9.59 Å². The van der Waals surface area contributed by atoms with Crippen molar-refractivity contribution in [3.63, 3.8) is 0 Å². The maximum atomic E-state index is 12.9. The van der Waals surface area contributed by atoms with Crippen molar-refractivity contribution in [2.45, 2.75) is 57.7 Å². The first-order chi connectivity index (χ1) is 13.5. The number of ketones is 1. The average molecular weight is 383 g/mol. The number of Topliss-reactive ketones (excluding diaryl/α,β-unsaturated/α-hetero) is 1. The average Bonchev–Trinajstić information content (AvgIpc) is 3.09. The normalized spacial score (nSPS) is 26.6. The van der Waals surface area contributed by atoms with Gasteiger partial charge in [-0.05, 0) is 37.3 Å². The van der Waals surface area contributed by atoms with Crippen molar-refractivity contribution in [1.82, 2.24) is 4.90 Å². The van der Waals surface area contributed by atoms with Crippen LogP contribution in [0.25, 0.3) is 5.57 Å². The second kappa shape index (κ2) is 7.80. The van der Waals surface area contributed by atoms with Crippen LogP contribution in [0, 0.1) is 5.41 Å². The monoisotopic (exact) mass is 383 g/mol. The molecule has 2 aliphatic carbocycles. The van der Waals surface area contributed by atoms with Gasteiger partial charge in [0.15, 0.2) is 5.78 Å². The second-order valence-electron chi connectivity index (χ2n) is 8.23. The lowest BCUT2D eigenvalue weighted by molar-refractivity contribution is -0.210. The fourth-order valence-electron chi connectivity index (χ4n) is 5.12. The summed E-state index contributed by atoms with van der Waals surface area (Å²) < 4.78 is 5.81. The van der Waals surface area contributed by atoms with Gasteiger partial charge in [-0.25, -0.2) is 0 Å². The van der Waals surface area contributed by atoms with Crippen LogP contribution in [0.2, 0.25) is 0 Å². The topological polar surface area (TPSA) is 66.8 Å². The number of benzene rings is 1. The van der Waals surface area contributed by atoms with Gasteiger partial charge in [-0.15, -0.1) is 0 Å². The van der Waals surface area contributed by atoms with E-state index in [1.54, 1.807) is 0 Å². The van der Waals surface area contributed by atoms with E-state index in [2.05, 4.69) is 0 Å². The highest BCUT2D eigenvalue weighted by Gasteiger charge is 2.56. The Morgan fingerprint density at radius 1 is 1.21 bits per heavy atom. The summed E-state index contributed by atoms with van der Waals surface area (Å²) in [5, 5.41) is 10.3. The molecule has 150 valence electrons. The number of rotatable bonds is 5. The number of aliphatic hydroxyl groups is 1. The third-order valence-electron chi connectivity index (χ3n) is 6.91. The summed E-state index contributed by atoms with van der Waals surface area (Å²) in [7, 11) is 0. The largest absolute Gasteiger partial charge is 0.392 e. The molecule has 0 bridgehead atoms. The predicted octanol–water partition coefficient (Wildman–Crippen LogP) is 2.97. The van der Waals surface area contributed by atoms with Crippen molar-refractivity contribution in [2.24, 2.45) is 5.41 Å². The first kappa shape index (κ1) is 19.3. The Morgan fingerprint density at radius 2 is 1.93 bits per heavy atom. The number of amides is 1. The van der Waals surface area contributed by atoms with Gasteiger partial charge >= 0.3 is 0 Å². The molecule has 0 unspecified atom stereocenters. The summed E-state index contributed by atoms with van der Waals surface area (Å²) in [6.07, 6.45) is 3.41. The van der Waals surface area contributed by atoms with E-state index in [0.29, 0.717) is 38.1 Å². The van der Waals surface area contributed by atoms with Crippen LogP contribution in [0.4, 0.5) is 0 Å². The standard InChI is InChI=1S/C23H29NO4/c1-2-28-21-15-20(26)23(21)10-12-24(13-11-23)22(27)14-18-17(8-9-19(18)25)16-6-4-3-5-7-16/h3-7,20-21,26H,2,8-15H2,1H3/t20-,21+/m0/s1. The molecule has 1 aromatic carbocycles. The number of piperidine rings is 1. The van der Waals surface area contributed by atoms with Crippen molar-refractivity contribution in [3.8, 4) is 0 Å². The van der Waals surface area contributed by atoms with E-state index in [1.165, 1.54) is 0 Å². The van der Waals surface area contributed by atoms with Crippen LogP contribution in [-0.2, 0) is 14.3 Å². The van der Waals surface area contributed by atoms with Crippen LogP contribution >= 0.6 is 0 Å². The van der Waals surface area contributed by atoms with E-state index < -0.39 is 0 Å². The van der Waals surface area contributed by atoms with Gasteiger partial charge in [0.25, 0.3) is 0 Å². The van der Waals surface area contributed by atoms with Crippen LogP contribution < -0.4 is 0 Å². The van der Waals surface area contributed by atoms with Crippen LogP contribution in [-0.4, -0.2) is 53.6 Å². The van der Waals surface area contributed by atoms with Crippen molar-refractivity contribution in [3.05, 3.63) is 41.5 Å². The summed E-state index contributed by atoms with van der Waals surface area (Å²) in [4.78, 5) is 27.2. The van der Waals surface area contributed by atoms with Gasteiger partial charge in [0, 0.05) is 43.5 Å². The van der Waals surface area contributed by atoms with E-state index >= 15 is 0 Å². The number of hydrogen-bond acceptors (Lipinski definition) is 4. The molecule has 2 atom stereocenters. The molecule has 0 radical (unpaired) electrons. The number of carbonyl (C=O) groups is 2. The highest BCUT2D eigenvalue weighted by Crippen LogP contribution is 2.51. The van der Waals surface area contributed by atoms with E-state index in [-0.39, 0.29) is 35.7 Å². The molecular weight excluding hydrogens is 354 g/mol. The zero-order chi connectivity index (χ0) is 19.7. The quantitative estimate of drug-likeness (QED) is 0.849. The van der Waals surface area contributed by atoms with Gasteiger partial charge in [-0.1, -0.05) is 30.3 Å². The first-order valence-electron chi connectivity index (χ1n) is 10.4. The molecule has 0 aromatic heterocycles. The third kappa shape index (κ3) is 3.31. The number of aliphatic hydroxyl groups excluding tert-OH is 1. The summed E-state index contributed by atoms with van der Waals surface area (Å²) >= 11 is 0. The third-order valence-corrected chi connectivity index (χ3v) is 6.91. The molecule has 1 saturated heterocycles. The SMILES string of the molecule is CCO[C@@H]1C[C@H](O)C12CCN(C(=O)CC1=C(c3ccccc3)CCC1=O)CC2. The fourth-order valence-corrected chi connectivity index (χ4v) is 5.12. The zero-order valence-corrected chi connectivity index (χ0v) is 16.5. The van der Waals surface area contributed by atoms with E-state index in [9.17, 15) is 14.7 Å². The lowest BCUT2D eigenvalue weighted by Gasteiger charge is -2.56. The Hall–Kier alpha value is -1.98. The molecule has 3 aliphatic rings. The number of hydrogen-bond donors (Lipinski definition) is 1. The maximum absolute atomic E-state index is 12.9. The highest BCUT2D eigenvalue weighted by molar-refractivity contribution is 6.10. The van der Waals surface area contributed by atoms with Crippen LogP contribution in [0.15, 0.2) is 35.9 Å². The van der Waals surface area contributed by atoms with Crippen molar-refractivity contribution in [1.29, 1.82) is 0 Å². The van der Waals surface area contributed by atoms with E-state index in [0.717, 1.165) is 30.4 Å². The van der Waals surface area contributed by atoms with Crippen molar-refractivity contribution < 1.29 is 19.4 Å². The summed E-state index contributed by atoms with van der Waals surface area (Å²) in [5.74, 6) is 0.127. The molecule has 1 amide bonds. The summed E-state index contributed by atoms with van der Waals surface area (Å²) in [5.41, 5.74) is 2.57. The minimum atomic E-state index is -0.329. The number of ether oxygens (including phenoxy) is 1. The van der Waals surface area contributed by atoms with Gasteiger partial charge < -0.3 is 14.7 Å². The van der Waals surface area contributed by atoms with Crippen LogP contribution in [0.1, 0.15) is 51.0 Å². The van der Waals surface area contributed by atoms with Crippen LogP contribution in [0.3, 0.4) is 0 Å². The Labute approximate surface area is 166 Å². The van der Waals surface area contributed by atoms with Crippen molar-refractivity contribution >= 4 is 17.3 Å². The number of allylic oxidation sites excluding steroid dienone is 1. The maximum Gasteiger partial charge on any atom is 0.227 e. The Morgan fingerprint density at radius 3 is 2.57 bits per heavy atom. The van der Waals surface area contributed by atoms with E-state index in [4.69, 9.17) is 4.74 Å². The molecule has 2 fully saturated rings. The number of nitrogens with zero attached hydrogens (tertiary/aromatic N) is 1. The first-order valence-corrected chi connectivity index (χ1v) is 10.4. The fraction of sp³-hybridized carbons (Fsp3) is 0.565. The Balaban J connectivity index is 1.43. The molecule has 1 heterocycles. The van der Waals surface area contributed by atoms with Gasteiger partial charge in [0.05, 0.1) is 18.6 Å². The number of carbonyl (C=O) groups excluding carboxylic acids is 2. The molecule has 28 heavy (non-hydrogen) atoms. The smallest absolute Gasteiger partial charge is 0.227 e. The molecule has 5 heteroatoms. The molecule has 1 spiro atoms. The van der Waals surface area contributed by atoms with Crippen LogP contribution in [0.5, 0.6) is 0 Å². The van der Waals surface area contributed by atoms with Gasteiger partial charge in [-0.2, -0.15) is 0 Å². The van der Waals surface area contributed by atoms with Gasteiger partial charge in [0.2, 0.25) is 5.91 Å². The zero-order valence-electron chi connectivity index (χ0n) is 16.5. The molecule has 1 aliphatic heterocycles. The molecule has 4 rings (SSSR count). The van der Waals surface area contributed by atoms with E-state index in [1.807, 2.05) is 42.2 Å². The summed E-state index contributed by atoms with van der Waals surface area (Å²) in [6.45, 7) is 3.89. The molecular formula is C23H29NO4. The highest BCUT2D eigenvalue weighted by atomic mass is 16.5. The van der Waals surface area contributed by atoms with Gasteiger partial charge in [0.1, 0.15) is 0 Å². The predicted molar refractivity (Wildman–Crippen MR) is 107 cm³/mol. The molecule has 5 nitrogen and oxygen atoms in total. The number of likely N-dealkylation sites (tertiary alicyclic amines) is 1. The molecule has 1 N–H and O–H groups in total. The molecule has 1 aromatic rings.